The van der Waals surface area contributed by atoms with Crippen LogP contribution in [-0.2, 0) is 10.2 Å². The van der Waals surface area contributed by atoms with Gasteiger partial charge in [0.15, 0.2) is 0 Å². The molecule has 0 radical (unpaired) electrons. The Morgan fingerprint density at radius 3 is 2.50 bits per heavy atom. The van der Waals surface area contributed by atoms with Crippen molar-refractivity contribution in [2.45, 2.75) is 0 Å². The molecule has 0 rings (SSSR count). The van der Waals surface area contributed by atoms with Crippen LogP contribution in [0, 0.1) is 0 Å². The summed E-state index contributed by atoms with van der Waals surface area (Å²) in [6.07, 6.45) is 0. The summed E-state index contributed by atoms with van der Waals surface area (Å²) in [7, 11) is 3.03. The van der Waals surface area contributed by atoms with Crippen LogP contribution in [0.1, 0.15) is 0 Å². The number of rotatable bonds is 1. The molecular formula is H4B2NOPS. The Hall–Kier alpha value is 0.380. The summed E-state index contributed by atoms with van der Waals surface area (Å²) in [5.41, 5.74) is 0. The number of thiol groups is 1. The van der Waals surface area contributed by atoms with Crippen LogP contribution in [0.5, 0.6) is 0 Å². The fourth-order valence-corrected chi connectivity index (χ4v) is 0.661. The molecule has 1 atom stereocenters. The Balaban J connectivity index is 3.62. The molecule has 0 aliphatic heterocycles. The van der Waals surface area contributed by atoms with Crippen LogP contribution in [-0.4, -0.2) is 18.9 Å². The second-order valence-corrected chi connectivity index (χ2v) is 2.57. The predicted molar refractivity (Wildman–Crippen MR) is 34.6 cm³/mol. The summed E-state index contributed by atoms with van der Waals surface area (Å²) in [6, 6.07) is 0. The fourth-order valence-electron chi connectivity index (χ4n) is 0.105. The van der Waals surface area contributed by atoms with E-state index in [4.69, 9.17) is 0 Å². The van der Waals surface area contributed by atoms with E-state index < -0.39 is 10.2 Å². The summed E-state index contributed by atoms with van der Waals surface area (Å²) in [5.74, 6) is 0. The first-order valence-electron chi connectivity index (χ1n) is 1.44. The maximum absolute atomic E-state index is 9.91. The van der Waals surface area contributed by atoms with E-state index in [1.54, 1.807) is 7.74 Å². The molecule has 0 bridgehead atoms. The Bertz CT molecular complexity index is 109. The maximum atomic E-state index is 9.91. The van der Waals surface area contributed by atoms with E-state index in [1.807, 2.05) is 0 Å². The molecule has 0 heterocycles. The van der Waals surface area contributed by atoms with Gasteiger partial charge in [-0.1, -0.05) is 0 Å². The van der Waals surface area contributed by atoms with Crippen molar-refractivity contribution >= 4 is 32.9 Å². The van der Waals surface area contributed by atoms with Crippen LogP contribution < -0.4 is 0 Å². The van der Waals surface area contributed by atoms with Gasteiger partial charge in [0, 0.05) is 0 Å². The van der Waals surface area contributed by atoms with Crippen molar-refractivity contribution in [3.8, 4) is 0 Å². The quantitative estimate of drug-likeness (QED) is 0.264. The third-order valence-electron chi connectivity index (χ3n) is 0.220. The molecule has 2 nitrogen and oxygen atoms in total. The van der Waals surface area contributed by atoms with Crippen molar-refractivity contribution in [2.24, 2.45) is 4.30 Å². The van der Waals surface area contributed by atoms with Crippen LogP contribution in [0.15, 0.2) is 4.30 Å². The van der Waals surface area contributed by atoms with Gasteiger partial charge in [-0.2, -0.15) is 0 Å². The summed E-state index contributed by atoms with van der Waals surface area (Å²) in [5, 5.41) is 0. The van der Waals surface area contributed by atoms with E-state index in [2.05, 4.69) is 12.3 Å². The van der Waals surface area contributed by atoms with Gasteiger partial charge in [-0.15, -0.1) is 0 Å². The van der Waals surface area contributed by atoms with Gasteiger partial charge in [0.2, 0.25) is 0 Å². The first-order valence-corrected chi connectivity index (χ1v) is 4.00. The van der Waals surface area contributed by atoms with Crippen LogP contribution in [0.25, 0.3) is 0 Å². The Labute approximate surface area is 42.1 Å². The van der Waals surface area contributed by atoms with Gasteiger partial charge in [-0.3, -0.25) is 0 Å². The van der Waals surface area contributed by atoms with Gasteiger partial charge in [0.1, 0.15) is 0 Å². The Kier molecular flexibility index (Phi) is 3.79. The molecule has 6 heteroatoms. The monoisotopic (exact) mass is 119 g/mol. The van der Waals surface area contributed by atoms with Crippen molar-refractivity contribution in [3.63, 3.8) is 0 Å². The van der Waals surface area contributed by atoms with Gasteiger partial charge in [0.05, 0.1) is 0 Å². The molecular weight excluding hydrogens is 115 g/mol. The normalized spacial score (nSPS) is 14.0. The molecule has 0 amide bonds. The third-order valence-corrected chi connectivity index (χ3v) is 1.01. The van der Waals surface area contributed by atoms with Crippen molar-refractivity contribution in [3.05, 3.63) is 0 Å². The minimum absolute atomic E-state index is 1.48. The fraction of sp³-hybridized carbons (Fsp3) is 0. The van der Waals surface area contributed by atoms with Crippen LogP contribution in [0.3, 0.4) is 0 Å². The summed E-state index contributed by atoms with van der Waals surface area (Å²) in [4.78, 5) is 0. The van der Waals surface area contributed by atoms with Crippen molar-refractivity contribution in [1.82, 2.24) is 0 Å². The van der Waals surface area contributed by atoms with E-state index >= 15 is 0 Å². The standard InChI is InChI=1S/B2H4NOPS/c1-2-3-6(4)5/h5-6H,1H2. The molecule has 0 aliphatic rings. The molecule has 6 heavy (non-hydrogen) atoms. The van der Waals surface area contributed by atoms with Gasteiger partial charge >= 0.3 is 41.4 Å². The zero-order valence-electron chi connectivity index (χ0n) is 3.38. The SMILES string of the molecule is B/B=N/[SH](=O)=P. The zero-order chi connectivity index (χ0) is 4.99. The van der Waals surface area contributed by atoms with Crippen molar-refractivity contribution in [2.75, 3.05) is 0 Å². The molecule has 1 unspecified atom stereocenters. The number of nitrogens with zero attached hydrogens (tertiary/aromatic N) is 1. The Morgan fingerprint density at radius 1 is 2.00 bits per heavy atom. The van der Waals surface area contributed by atoms with Crippen molar-refractivity contribution < 1.29 is 4.21 Å². The van der Waals surface area contributed by atoms with E-state index in [1.165, 1.54) is 6.96 Å². The first-order chi connectivity index (χ1) is 2.77. The summed E-state index contributed by atoms with van der Waals surface area (Å²) in [6.45, 7) is 1.49. The topological polar surface area (TPSA) is 29.4 Å². The Morgan fingerprint density at radius 2 is 2.50 bits per heavy atom. The van der Waals surface area contributed by atoms with Crippen LogP contribution in [0.2, 0.25) is 0 Å². The molecule has 0 spiro atoms. The molecule has 0 saturated heterocycles. The van der Waals surface area contributed by atoms with E-state index in [0.717, 1.165) is 0 Å². The van der Waals surface area contributed by atoms with Gasteiger partial charge < -0.3 is 0 Å². The van der Waals surface area contributed by atoms with Gasteiger partial charge in [-0.05, 0) is 0 Å². The van der Waals surface area contributed by atoms with E-state index in [-0.39, 0.29) is 0 Å². The van der Waals surface area contributed by atoms with E-state index in [0.29, 0.717) is 0 Å². The molecule has 0 saturated carbocycles. The van der Waals surface area contributed by atoms with Gasteiger partial charge in [-0.25, -0.2) is 0 Å². The van der Waals surface area contributed by atoms with Crippen molar-refractivity contribution in [1.29, 1.82) is 0 Å². The summed E-state index contributed by atoms with van der Waals surface area (Å²) < 4.78 is 13.3. The zero-order valence-corrected chi connectivity index (χ0v) is 5.27. The predicted octanol–water partition coefficient (Wildman–Crippen LogP) is -1.12. The molecule has 0 fully saturated rings. The van der Waals surface area contributed by atoms with Gasteiger partial charge in [0.25, 0.3) is 0 Å². The van der Waals surface area contributed by atoms with E-state index in [9.17, 15) is 4.21 Å². The number of hydrogen-bond acceptors (Lipinski definition) is 1. The average molecular weight is 119 g/mol. The second kappa shape index (κ2) is 3.57. The first kappa shape index (κ1) is 6.38. The molecule has 0 aromatic carbocycles. The molecule has 0 aromatic rings. The minimum atomic E-state index is -1.48. The molecule has 32 valence electrons. The second-order valence-electron chi connectivity index (χ2n) is 0.647. The number of hydrogen-bond donors (Lipinski definition) is 1. The van der Waals surface area contributed by atoms with Crippen LogP contribution in [0.4, 0.5) is 0 Å². The molecule has 0 N–H and O–H groups in total. The average Bonchev–Trinajstić information content (AvgIpc) is 1.35. The molecule has 0 aromatic heterocycles. The summed E-state index contributed by atoms with van der Waals surface area (Å²) >= 11 is 0. The third kappa shape index (κ3) is 4.38. The van der Waals surface area contributed by atoms with Crippen LogP contribution >= 0.6 is 8.02 Å². The molecule has 0 aliphatic carbocycles.